The first-order valence-electron chi connectivity index (χ1n) is 6.00. The molecule has 0 saturated carbocycles. The minimum Gasteiger partial charge on any atom is -0.439 e. The molecule has 0 saturated heterocycles. The van der Waals surface area contributed by atoms with Crippen molar-refractivity contribution in [1.29, 1.82) is 0 Å². The van der Waals surface area contributed by atoms with Gasteiger partial charge in [0, 0.05) is 13.6 Å². The molecule has 0 radical (unpaired) electrons. The van der Waals surface area contributed by atoms with E-state index in [4.69, 9.17) is 10.5 Å². The van der Waals surface area contributed by atoms with Crippen LogP contribution in [0, 0.1) is 20.8 Å². The van der Waals surface area contributed by atoms with Gasteiger partial charge < -0.3 is 10.5 Å². The van der Waals surface area contributed by atoms with Gasteiger partial charge in [0.25, 0.3) is 0 Å². The van der Waals surface area contributed by atoms with Gasteiger partial charge in [-0.3, -0.25) is 0 Å². The average Bonchev–Trinajstić information content (AvgIpc) is 2.52. The van der Waals surface area contributed by atoms with E-state index in [1.54, 1.807) is 4.68 Å². The van der Waals surface area contributed by atoms with Crippen LogP contribution >= 0.6 is 0 Å². The fraction of sp³-hybridized carbons (Fsp3) is 0.357. The van der Waals surface area contributed by atoms with Crippen molar-refractivity contribution >= 4 is 0 Å². The normalized spacial score (nSPS) is 10.7. The molecule has 2 rings (SSSR count). The Morgan fingerprint density at radius 1 is 1.17 bits per heavy atom. The summed E-state index contributed by atoms with van der Waals surface area (Å²) in [5, 5.41) is 4.33. The highest BCUT2D eigenvalue weighted by Gasteiger charge is 2.14. The molecule has 1 aromatic carbocycles. The van der Waals surface area contributed by atoms with Crippen LogP contribution in [0.3, 0.4) is 0 Å². The molecular formula is C14H19N3O. The lowest BCUT2D eigenvalue weighted by atomic mass is 10.1. The number of rotatable bonds is 3. The number of aromatic nitrogens is 2. The molecule has 0 unspecified atom stereocenters. The number of hydrogen-bond acceptors (Lipinski definition) is 3. The number of aryl methyl sites for hydroxylation is 4. The van der Waals surface area contributed by atoms with Crippen molar-refractivity contribution in [3.05, 3.63) is 40.6 Å². The van der Waals surface area contributed by atoms with Gasteiger partial charge in [-0.25, -0.2) is 4.68 Å². The monoisotopic (exact) mass is 245 g/mol. The highest BCUT2D eigenvalue weighted by Crippen LogP contribution is 2.28. The van der Waals surface area contributed by atoms with E-state index in [0.29, 0.717) is 6.54 Å². The lowest BCUT2D eigenvalue weighted by Crippen LogP contribution is -2.01. The number of hydrogen-bond donors (Lipinski definition) is 1. The van der Waals surface area contributed by atoms with E-state index >= 15 is 0 Å². The van der Waals surface area contributed by atoms with E-state index in [9.17, 15) is 0 Å². The van der Waals surface area contributed by atoms with Crippen molar-refractivity contribution in [2.24, 2.45) is 12.8 Å². The van der Waals surface area contributed by atoms with Gasteiger partial charge >= 0.3 is 0 Å². The molecule has 2 N–H and O–H groups in total. The first-order valence-corrected chi connectivity index (χ1v) is 6.00. The predicted molar refractivity (Wildman–Crippen MR) is 71.8 cm³/mol. The fourth-order valence-electron chi connectivity index (χ4n) is 2.15. The summed E-state index contributed by atoms with van der Waals surface area (Å²) in [5.74, 6) is 1.55. The van der Waals surface area contributed by atoms with Crippen molar-refractivity contribution < 1.29 is 4.74 Å². The lowest BCUT2D eigenvalue weighted by molar-refractivity contribution is 0.425. The zero-order valence-electron chi connectivity index (χ0n) is 11.3. The van der Waals surface area contributed by atoms with Crippen LogP contribution in [-0.4, -0.2) is 9.78 Å². The Morgan fingerprint density at radius 2 is 1.78 bits per heavy atom. The molecule has 4 nitrogen and oxygen atoms in total. The zero-order chi connectivity index (χ0) is 13.3. The van der Waals surface area contributed by atoms with Crippen LogP contribution in [0.4, 0.5) is 0 Å². The molecule has 0 aliphatic heterocycles. The van der Waals surface area contributed by atoms with Gasteiger partial charge in [-0.15, -0.1) is 0 Å². The summed E-state index contributed by atoms with van der Waals surface area (Å²) in [7, 11) is 1.87. The van der Waals surface area contributed by atoms with E-state index in [-0.39, 0.29) is 0 Å². The summed E-state index contributed by atoms with van der Waals surface area (Å²) in [6.07, 6.45) is 0. The average molecular weight is 245 g/mol. The zero-order valence-corrected chi connectivity index (χ0v) is 11.3. The van der Waals surface area contributed by atoms with Gasteiger partial charge in [-0.1, -0.05) is 6.07 Å². The molecule has 0 aliphatic carbocycles. The Balaban J connectivity index is 2.39. The van der Waals surface area contributed by atoms with Crippen molar-refractivity contribution in [3.63, 3.8) is 0 Å². The number of ether oxygens (including phenoxy) is 1. The maximum absolute atomic E-state index is 5.93. The standard InChI is InChI=1S/C14H19N3O/c1-9-5-10(2)7-12(6-9)18-14-13(8-15)11(3)16-17(14)4/h5-7H,8,15H2,1-4H3. The van der Waals surface area contributed by atoms with Crippen molar-refractivity contribution in [1.82, 2.24) is 9.78 Å². The van der Waals surface area contributed by atoms with Crippen LogP contribution in [-0.2, 0) is 13.6 Å². The molecule has 1 aromatic heterocycles. The van der Waals surface area contributed by atoms with E-state index in [1.807, 2.05) is 26.1 Å². The van der Waals surface area contributed by atoms with Crippen molar-refractivity contribution in [2.45, 2.75) is 27.3 Å². The van der Waals surface area contributed by atoms with Crippen LogP contribution < -0.4 is 10.5 Å². The van der Waals surface area contributed by atoms with E-state index in [1.165, 1.54) is 11.1 Å². The first kappa shape index (κ1) is 12.6. The number of nitrogens with two attached hydrogens (primary N) is 1. The Labute approximate surface area is 107 Å². The van der Waals surface area contributed by atoms with Crippen LogP contribution in [0.5, 0.6) is 11.6 Å². The second-order valence-corrected chi connectivity index (χ2v) is 4.62. The van der Waals surface area contributed by atoms with Gasteiger partial charge in [-0.05, 0) is 44.0 Å². The summed E-state index contributed by atoms with van der Waals surface area (Å²) in [6.45, 7) is 6.48. The Bertz CT molecular complexity index is 552. The molecule has 96 valence electrons. The second kappa shape index (κ2) is 4.82. The molecule has 1 heterocycles. The second-order valence-electron chi connectivity index (χ2n) is 4.62. The number of nitrogens with zero attached hydrogens (tertiary/aromatic N) is 2. The summed E-state index contributed by atoms with van der Waals surface area (Å²) in [6, 6.07) is 6.14. The van der Waals surface area contributed by atoms with Gasteiger partial charge in [0.05, 0.1) is 11.3 Å². The third-order valence-electron chi connectivity index (χ3n) is 2.90. The molecular weight excluding hydrogens is 226 g/mol. The van der Waals surface area contributed by atoms with Gasteiger partial charge in [0.2, 0.25) is 5.88 Å². The van der Waals surface area contributed by atoms with Crippen LogP contribution in [0.15, 0.2) is 18.2 Å². The fourth-order valence-corrected chi connectivity index (χ4v) is 2.15. The summed E-state index contributed by atoms with van der Waals surface area (Å²) >= 11 is 0. The number of benzene rings is 1. The van der Waals surface area contributed by atoms with Gasteiger partial charge in [0.15, 0.2) is 0 Å². The van der Waals surface area contributed by atoms with Crippen molar-refractivity contribution in [2.75, 3.05) is 0 Å². The molecule has 0 fully saturated rings. The smallest absolute Gasteiger partial charge is 0.222 e. The molecule has 0 atom stereocenters. The van der Waals surface area contributed by atoms with Crippen LogP contribution in [0.25, 0.3) is 0 Å². The molecule has 0 aliphatic rings. The van der Waals surface area contributed by atoms with Crippen LogP contribution in [0.2, 0.25) is 0 Å². The first-order chi connectivity index (χ1) is 8.51. The van der Waals surface area contributed by atoms with Gasteiger partial charge in [-0.2, -0.15) is 5.10 Å². The van der Waals surface area contributed by atoms with Crippen molar-refractivity contribution in [3.8, 4) is 11.6 Å². The maximum Gasteiger partial charge on any atom is 0.222 e. The lowest BCUT2D eigenvalue weighted by Gasteiger charge is -2.09. The predicted octanol–water partition coefficient (Wildman–Crippen LogP) is 2.60. The topological polar surface area (TPSA) is 53.1 Å². The van der Waals surface area contributed by atoms with E-state index < -0.39 is 0 Å². The Kier molecular flexibility index (Phi) is 3.39. The molecule has 0 spiro atoms. The minimum atomic E-state index is 0.430. The molecule has 4 heteroatoms. The molecule has 2 aromatic rings. The summed E-state index contributed by atoms with van der Waals surface area (Å²) in [5.41, 5.74) is 9.97. The minimum absolute atomic E-state index is 0.430. The summed E-state index contributed by atoms with van der Waals surface area (Å²) < 4.78 is 7.67. The largest absolute Gasteiger partial charge is 0.439 e. The Hall–Kier alpha value is -1.81. The maximum atomic E-state index is 5.93. The van der Waals surface area contributed by atoms with Gasteiger partial charge in [0.1, 0.15) is 5.75 Å². The third kappa shape index (κ3) is 2.38. The van der Waals surface area contributed by atoms with Crippen LogP contribution in [0.1, 0.15) is 22.4 Å². The SMILES string of the molecule is Cc1cc(C)cc(Oc2c(CN)c(C)nn2C)c1. The van der Waals surface area contributed by atoms with E-state index in [2.05, 4.69) is 25.0 Å². The highest BCUT2D eigenvalue weighted by molar-refractivity contribution is 5.38. The van der Waals surface area contributed by atoms with E-state index in [0.717, 1.165) is 22.9 Å². The third-order valence-corrected chi connectivity index (χ3v) is 2.90. The molecule has 18 heavy (non-hydrogen) atoms. The summed E-state index contributed by atoms with van der Waals surface area (Å²) in [4.78, 5) is 0. The highest BCUT2D eigenvalue weighted by atomic mass is 16.5. The molecule has 0 bridgehead atoms. The molecule has 0 amide bonds. The quantitative estimate of drug-likeness (QED) is 0.904. The Morgan fingerprint density at radius 3 is 2.33 bits per heavy atom.